The predicted octanol–water partition coefficient (Wildman–Crippen LogP) is 2.27. The molecule has 1 aromatic heterocycles. The average Bonchev–Trinajstić information content (AvgIpc) is 2.83. The van der Waals surface area contributed by atoms with Crippen molar-refractivity contribution in [1.29, 1.82) is 0 Å². The van der Waals surface area contributed by atoms with Crippen molar-refractivity contribution in [2.24, 2.45) is 0 Å². The Labute approximate surface area is 128 Å². The van der Waals surface area contributed by atoms with Crippen molar-refractivity contribution in [2.45, 2.75) is 24.8 Å². The number of sulfone groups is 1. The van der Waals surface area contributed by atoms with Crippen LogP contribution in [-0.2, 0) is 9.84 Å². The zero-order chi connectivity index (χ0) is 16.3. The molecule has 0 radical (unpaired) electrons. The number of anilines is 1. The fraction of sp³-hybridized carbons (Fsp3) is 0.286. The Hall–Kier alpha value is -2.35. The van der Waals surface area contributed by atoms with E-state index in [2.05, 4.69) is 15.8 Å². The molecule has 0 saturated carbocycles. The fourth-order valence-corrected chi connectivity index (χ4v) is 2.49. The molecule has 0 spiro atoms. The summed E-state index contributed by atoms with van der Waals surface area (Å²) in [5.41, 5.74) is 0.791. The van der Waals surface area contributed by atoms with Crippen LogP contribution in [-0.4, -0.2) is 25.9 Å². The van der Waals surface area contributed by atoms with Crippen molar-refractivity contribution >= 4 is 21.7 Å². The van der Waals surface area contributed by atoms with Gasteiger partial charge in [-0.15, -0.1) is 0 Å². The molecule has 1 heterocycles. The van der Waals surface area contributed by atoms with Crippen molar-refractivity contribution in [2.75, 3.05) is 11.6 Å². The molecule has 0 fully saturated rings. The van der Waals surface area contributed by atoms with Gasteiger partial charge >= 0.3 is 6.03 Å². The molecule has 1 atom stereocenters. The minimum Gasteiger partial charge on any atom is -0.360 e. The molecule has 2 rings (SSSR count). The van der Waals surface area contributed by atoms with Gasteiger partial charge in [-0.3, -0.25) is 5.32 Å². The third-order valence-electron chi connectivity index (χ3n) is 3.03. The summed E-state index contributed by atoms with van der Waals surface area (Å²) in [6.45, 7) is 3.52. The van der Waals surface area contributed by atoms with Crippen LogP contribution in [0.5, 0.6) is 0 Å². The lowest BCUT2D eigenvalue weighted by atomic mass is 10.1. The van der Waals surface area contributed by atoms with E-state index in [-0.39, 0.29) is 10.9 Å². The summed E-state index contributed by atoms with van der Waals surface area (Å²) in [6, 6.07) is 7.26. The molecular formula is C14H17N3O4S. The smallest absolute Gasteiger partial charge is 0.320 e. The molecule has 2 aromatic rings. The lowest BCUT2D eigenvalue weighted by Crippen LogP contribution is -2.31. The van der Waals surface area contributed by atoms with E-state index >= 15 is 0 Å². The highest BCUT2D eigenvalue weighted by Crippen LogP contribution is 2.16. The van der Waals surface area contributed by atoms with Crippen LogP contribution in [0.4, 0.5) is 10.6 Å². The monoisotopic (exact) mass is 323 g/mol. The number of aryl methyl sites for hydroxylation is 1. The molecule has 1 aromatic carbocycles. The number of carbonyl (C=O) groups is 1. The molecule has 2 amide bonds. The van der Waals surface area contributed by atoms with Gasteiger partial charge in [-0.2, -0.15) is 0 Å². The van der Waals surface area contributed by atoms with E-state index in [1.807, 2.05) is 0 Å². The second kappa shape index (κ2) is 6.18. The van der Waals surface area contributed by atoms with Crippen molar-refractivity contribution in [3.05, 3.63) is 41.7 Å². The Morgan fingerprint density at radius 2 is 1.91 bits per heavy atom. The van der Waals surface area contributed by atoms with Gasteiger partial charge in [-0.05, 0) is 31.5 Å². The molecule has 8 heteroatoms. The van der Waals surface area contributed by atoms with Crippen LogP contribution >= 0.6 is 0 Å². The summed E-state index contributed by atoms with van der Waals surface area (Å²) in [5, 5.41) is 8.94. The Balaban J connectivity index is 1.99. The summed E-state index contributed by atoms with van der Waals surface area (Å²) in [4.78, 5) is 12.1. The second-order valence-electron chi connectivity index (χ2n) is 4.98. The topological polar surface area (TPSA) is 101 Å². The third kappa shape index (κ3) is 4.08. The van der Waals surface area contributed by atoms with Crippen molar-refractivity contribution in [3.63, 3.8) is 0 Å². The summed E-state index contributed by atoms with van der Waals surface area (Å²) in [5.74, 6) is 0.925. The molecule has 0 aliphatic carbocycles. The first-order chi connectivity index (χ1) is 10.3. The highest BCUT2D eigenvalue weighted by molar-refractivity contribution is 7.90. The molecule has 7 nitrogen and oxygen atoms in total. The van der Waals surface area contributed by atoms with Gasteiger partial charge in [0.2, 0.25) is 0 Å². The highest BCUT2D eigenvalue weighted by atomic mass is 32.2. The van der Waals surface area contributed by atoms with Gasteiger partial charge in [0.1, 0.15) is 5.76 Å². The molecule has 2 N–H and O–H groups in total. The van der Waals surface area contributed by atoms with Gasteiger partial charge in [0.25, 0.3) is 0 Å². The number of aromatic nitrogens is 1. The van der Waals surface area contributed by atoms with E-state index < -0.39 is 15.9 Å². The van der Waals surface area contributed by atoms with E-state index in [1.54, 1.807) is 32.0 Å². The molecule has 0 aliphatic heterocycles. The minimum absolute atomic E-state index is 0.242. The molecular weight excluding hydrogens is 306 g/mol. The van der Waals surface area contributed by atoms with Crippen LogP contribution < -0.4 is 10.6 Å². The van der Waals surface area contributed by atoms with Gasteiger partial charge in [0.05, 0.1) is 10.9 Å². The van der Waals surface area contributed by atoms with Crippen molar-refractivity contribution in [1.82, 2.24) is 10.5 Å². The van der Waals surface area contributed by atoms with Crippen LogP contribution in [0.15, 0.2) is 39.8 Å². The Bertz CT molecular complexity index is 766. The molecule has 0 unspecified atom stereocenters. The van der Waals surface area contributed by atoms with Gasteiger partial charge in [0.15, 0.2) is 15.7 Å². The Morgan fingerprint density at radius 1 is 1.27 bits per heavy atom. The number of amides is 2. The van der Waals surface area contributed by atoms with Crippen LogP contribution in [0.2, 0.25) is 0 Å². The standard InChI is InChI=1S/C14H17N3O4S/c1-9-8-13(17-21-9)16-14(18)15-10(2)11-4-6-12(7-5-11)22(3,19)20/h4-8,10H,1-3H3,(H2,15,16,17,18)/t10-/m0/s1. The van der Waals surface area contributed by atoms with Crippen molar-refractivity contribution in [3.8, 4) is 0 Å². The summed E-state index contributed by atoms with van der Waals surface area (Å²) >= 11 is 0. The van der Waals surface area contributed by atoms with E-state index in [9.17, 15) is 13.2 Å². The van der Waals surface area contributed by atoms with E-state index in [0.717, 1.165) is 11.8 Å². The first kappa shape index (κ1) is 16.0. The number of nitrogens with one attached hydrogen (secondary N) is 2. The molecule has 0 aliphatic rings. The SMILES string of the molecule is Cc1cc(NC(=O)N[C@@H](C)c2ccc(S(C)(=O)=O)cc2)no1. The van der Waals surface area contributed by atoms with E-state index in [4.69, 9.17) is 4.52 Å². The highest BCUT2D eigenvalue weighted by Gasteiger charge is 2.12. The lowest BCUT2D eigenvalue weighted by molar-refractivity contribution is 0.249. The Kier molecular flexibility index (Phi) is 4.51. The molecule has 0 saturated heterocycles. The largest absolute Gasteiger partial charge is 0.360 e. The third-order valence-corrected chi connectivity index (χ3v) is 4.15. The molecule has 0 bridgehead atoms. The summed E-state index contributed by atoms with van der Waals surface area (Å²) < 4.78 is 27.7. The van der Waals surface area contributed by atoms with Crippen LogP contribution in [0.1, 0.15) is 24.3 Å². The number of hydrogen-bond donors (Lipinski definition) is 2. The summed E-state index contributed by atoms with van der Waals surface area (Å²) in [6.07, 6.45) is 1.15. The Morgan fingerprint density at radius 3 is 2.41 bits per heavy atom. The minimum atomic E-state index is -3.23. The van der Waals surface area contributed by atoms with Gasteiger partial charge in [-0.25, -0.2) is 13.2 Å². The first-order valence-corrected chi connectivity index (χ1v) is 8.45. The maximum atomic E-state index is 11.8. The van der Waals surface area contributed by atoms with E-state index in [1.165, 1.54) is 12.1 Å². The first-order valence-electron chi connectivity index (χ1n) is 6.56. The van der Waals surface area contributed by atoms with Crippen LogP contribution in [0.25, 0.3) is 0 Å². The van der Waals surface area contributed by atoms with Gasteiger partial charge in [-0.1, -0.05) is 17.3 Å². The quantitative estimate of drug-likeness (QED) is 0.898. The number of benzene rings is 1. The van der Waals surface area contributed by atoms with Crippen molar-refractivity contribution < 1.29 is 17.7 Å². The van der Waals surface area contributed by atoms with Crippen LogP contribution in [0, 0.1) is 6.92 Å². The lowest BCUT2D eigenvalue weighted by Gasteiger charge is -2.14. The van der Waals surface area contributed by atoms with Gasteiger partial charge in [0, 0.05) is 12.3 Å². The second-order valence-corrected chi connectivity index (χ2v) is 7.00. The zero-order valence-corrected chi connectivity index (χ0v) is 13.3. The average molecular weight is 323 g/mol. The number of urea groups is 1. The number of carbonyl (C=O) groups excluding carboxylic acids is 1. The number of nitrogens with zero attached hydrogens (tertiary/aromatic N) is 1. The van der Waals surface area contributed by atoms with Crippen LogP contribution in [0.3, 0.4) is 0 Å². The molecule has 118 valence electrons. The number of rotatable bonds is 4. The van der Waals surface area contributed by atoms with Gasteiger partial charge < -0.3 is 9.84 Å². The zero-order valence-electron chi connectivity index (χ0n) is 12.5. The predicted molar refractivity (Wildman–Crippen MR) is 81.4 cm³/mol. The normalized spacial score (nSPS) is 12.7. The van der Waals surface area contributed by atoms with E-state index in [0.29, 0.717) is 11.6 Å². The fourth-order valence-electron chi connectivity index (χ4n) is 1.86. The maximum Gasteiger partial charge on any atom is 0.320 e. The summed E-state index contributed by atoms with van der Waals surface area (Å²) in [7, 11) is -3.23. The number of hydrogen-bond acceptors (Lipinski definition) is 5. The maximum absolute atomic E-state index is 11.8. The molecule has 22 heavy (non-hydrogen) atoms.